The molecule has 0 saturated heterocycles. The molecule has 3 aromatic carbocycles. The van der Waals surface area contributed by atoms with Crippen LogP contribution in [0.3, 0.4) is 0 Å². The first-order valence-corrected chi connectivity index (χ1v) is 18.1. The van der Waals surface area contributed by atoms with Crippen molar-refractivity contribution in [3.63, 3.8) is 0 Å². The highest BCUT2D eigenvalue weighted by atomic mass is 16.2. The molecule has 3 aromatic rings. The average Bonchev–Trinajstić information content (AvgIpc) is 3.59. The van der Waals surface area contributed by atoms with E-state index in [4.69, 9.17) is 4.99 Å². The van der Waals surface area contributed by atoms with E-state index >= 15 is 0 Å². The third-order valence-corrected chi connectivity index (χ3v) is 10.3. The van der Waals surface area contributed by atoms with Crippen LogP contribution in [0.2, 0.25) is 0 Å². The summed E-state index contributed by atoms with van der Waals surface area (Å²) in [6.07, 6.45) is 13.7. The zero-order chi connectivity index (χ0) is 34.3. The minimum Gasteiger partial charge on any atom is -0.338 e. The van der Waals surface area contributed by atoms with Crippen molar-refractivity contribution in [2.24, 2.45) is 16.8 Å². The number of carbonyl (C=O) groups is 2. The molecule has 256 valence electrons. The Labute approximate surface area is 291 Å². The summed E-state index contributed by atoms with van der Waals surface area (Å²) < 4.78 is 0. The van der Waals surface area contributed by atoms with Crippen molar-refractivity contribution in [3.05, 3.63) is 106 Å². The van der Waals surface area contributed by atoms with Crippen LogP contribution < -0.4 is 21.3 Å². The highest BCUT2D eigenvalue weighted by Crippen LogP contribution is 2.37. The molecule has 0 fully saturated rings. The largest absolute Gasteiger partial charge is 0.338 e. The Morgan fingerprint density at radius 2 is 1.69 bits per heavy atom. The van der Waals surface area contributed by atoms with Crippen molar-refractivity contribution in [2.75, 3.05) is 23.7 Å². The second-order valence-electron chi connectivity index (χ2n) is 14.3. The molecular formula is C42H51N5O2. The lowest BCUT2D eigenvalue weighted by Gasteiger charge is -2.33. The predicted molar refractivity (Wildman–Crippen MR) is 204 cm³/mol. The number of rotatable bonds is 11. The van der Waals surface area contributed by atoms with Crippen LogP contribution in [-0.2, 0) is 12.8 Å². The van der Waals surface area contributed by atoms with E-state index < -0.39 is 0 Å². The van der Waals surface area contributed by atoms with Crippen molar-refractivity contribution < 1.29 is 9.59 Å². The predicted octanol–water partition coefficient (Wildman–Crippen LogP) is 9.30. The number of anilines is 2. The van der Waals surface area contributed by atoms with Gasteiger partial charge in [-0.1, -0.05) is 81.5 Å². The molecule has 3 atom stereocenters. The first-order chi connectivity index (χ1) is 23.7. The van der Waals surface area contributed by atoms with Gasteiger partial charge in [0.2, 0.25) is 0 Å². The summed E-state index contributed by atoms with van der Waals surface area (Å²) in [7, 11) is 0. The molecule has 6 rings (SSSR count). The fraction of sp³-hybridized carbons (Fsp3) is 0.405. The lowest BCUT2D eigenvalue weighted by Crippen LogP contribution is -2.38. The van der Waals surface area contributed by atoms with Gasteiger partial charge >= 0.3 is 12.1 Å². The number of carbonyl (C=O) groups excluding carboxylic acids is 2. The summed E-state index contributed by atoms with van der Waals surface area (Å²) in [4.78, 5) is 30.8. The fourth-order valence-electron chi connectivity index (χ4n) is 7.35. The van der Waals surface area contributed by atoms with Crippen LogP contribution in [0.5, 0.6) is 0 Å². The molecule has 7 heteroatoms. The first kappa shape index (κ1) is 34.2. The number of hydrogen-bond acceptors (Lipinski definition) is 3. The van der Waals surface area contributed by atoms with Crippen LogP contribution in [0.1, 0.15) is 92.2 Å². The SMILES string of the molecule is Cc1cccc(C2=CCCC3CCC(CNC(=O)Nc4ccc(C(C)C)cc4)N=C23)c1CCC(C)CNC(=O)Nc1cccc2c1C=CC2. The van der Waals surface area contributed by atoms with Crippen LogP contribution in [0, 0.1) is 18.8 Å². The van der Waals surface area contributed by atoms with Crippen LogP contribution >= 0.6 is 0 Å². The Balaban J connectivity index is 1.05. The van der Waals surface area contributed by atoms with E-state index in [-0.39, 0.29) is 18.1 Å². The van der Waals surface area contributed by atoms with Gasteiger partial charge in [-0.3, -0.25) is 4.99 Å². The molecule has 0 bridgehead atoms. The summed E-state index contributed by atoms with van der Waals surface area (Å²) in [6.45, 7) is 9.86. The van der Waals surface area contributed by atoms with Gasteiger partial charge in [-0.2, -0.15) is 0 Å². The lowest BCUT2D eigenvalue weighted by molar-refractivity contribution is 0.249. The number of nitrogens with one attached hydrogen (secondary N) is 4. The van der Waals surface area contributed by atoms with Crippen LogP contribution in [-0.4, -0.2) is 36.9 Å². The molecule has 4 amide bonds. The number of benzene rings is 3. The number of nitrogens with zero attached hydrogens (tertiary/aromatic N) is 1. The minimum absolute atomic E-state index is 0.0558. The summed E-state index contributed by atoms with van der Waals surface area (Å²) >= 11 is 0. The van der Waals surface area contributed by atoms with E-state index in [9.17, 15) is 9.59 Å². The highest BCUT2D eigenvalue weighted by molar-refractivity contribution is 6.26. The van der Waals surface area contributed by atoms with Crippen LogP contribution in [0.4, 0.5) is 21.0 Å². The maximum absolute atomic E-state index is 12.8. The number of aliphatic imine (C=N–C) groups is 1. The van der Waals surface area contributed by atoms with Gasteiger partial charge in [0.1, 0.15) is 0 Å². The molecule has 49 heavy (non-hydrogen) atoms. The van der Waals surface area contributed by atoms with E-state index in [2.05, 4.69) is 104 Å². The van der Waals surface area contributed by atoms with E-state index in [0.29, 0.717) is 30.8 Å². The van der Waals surface area contributed by atoms with E-state index in [1.54, 1.807) is 0 Å². The van der Waals surface area contributed by atoms with E-state index in [0.717, 1.165) is 61.9 Å². The standard InChI is InChI=1S/C42H51N5O2/c1-27(2)30-18-21-33(22-19-30)46-41(48)44-26-34-23-20-32-12-7-15-38(40(32)45-34)37-14-5-9-29(4)35(37)24-17-28(3)25-43-42(49)47-39-16-8-11-31-10-6-13-36(31)39/h5-6,8-9,11,13-16,18-19,21-22,27-28,32,34H,7,10,12,17,20,23-26H2,1-4H3,(H2,43,47,49)(H2,44,46,48). The molecule has 0 saturated carbocycles. The molecule has 3 aliphatic rings. The topological polar surface area (TPSA) is 94.6 Å². The highest BCUT2D eigenvalue weighted by Gasteiger charge is 2.30. The molecule has 1 aliphatic heterocycles. The monoisotopic (exact) mass is 657 g/mol. The molecule has 2 aliphatic carbocycles. The van der Waals surface area contributed by atoms with E-state index in [1.165, 1.54) is 39.1 Å². The second kappa shape index (κ2) is 15.7. The maximum atomic E-state index is 12.8. The van der Waals surface area contributed by atoms with Crippen molar-refractivity contribution in [3.8, 4) is 0 Å². The van der Waals surface area contributed by atoms with Gasteiger partial charge in [0.25, 0.3) is 0 Å². The number of amides is 4. The number of hydrogen-bond donors (Lipinski definition) is 4. The number of fused-ring (bicyclic) bond motifs is 2. The smallest absolute Gasteiger partial charge is 0.319 e. The summed E-state index contributed by atoms with van der Waals surface area (Å²) in [5.41, 5.74) is 11.7. The third-order valence-electron chi connectivity index (χ3n) is 10.3. The molecular weight excluding hydrogens is 606 g/mol. The van der Waals surface area contributed by atoms with Gasteiger partial charge in [0.05, 0.1) is 6.04 Å². The Hall–Kier alpha value is -4.65. The van der Waals surface area contributed by atoms with Crippen molar-refractivity contribution in [1.82, 2.24) is 10.6 Å². The minimum atomic E-state index is -0.193. The molecule has 0 aromatic heterocycles. The summed E-state index contributed by atoms with van der Waals surface area (Å²) in [5.74, 6) is 1.23. The normalized spacial score (nSPS) is 18.6. The quantitative estimate of drug-likeness (QED) is 0.165. The van der Waals surface area contributed by atoms with Crippen LogP contribution in [0.25, 0.3) is 11.6 Å². The Bertz CT molecular complexity index is 1750. The Morgan fingerprint density at radius 1 is 0.898 bits per heavy atom. The zero-order valence-electron chi connectivity index (χ0n) is 29.4. The number of allylic oxidation sites excluding steroid dienone is 3. The van der Waals surface area contributed by atoms with Crippen LogP contribution in [0.15, 0.2) is 77.8 Å². The van der Waals surface area contributed by atoms with E-state index in [1.807, 2.05) is 24.3 Å². The van der Waals surface area contributed by atoms with Gasteiger partial charge < -0.3 is 21.3 Å². The summed E-state index contributed by atoms with van der Waals surface area (Å²) in [5, 5.41) is 12.2. The summed E-state index contributed by atoms with van der Waals surface area (Å²) in [6, 6.07) is 20.4. The van der Waals surface area contributed by atoms with Crippen molar-refractivity contribution >= 4 is 40.8 Å². The number of urea groups is 2. The maximum Gasteiger partial charge on any atom is 0.319 e. The average molecular weight is 658 g/mol. The molecule has 0 radical (unpaired) electrons. The zero-order valence-corrected chi connectivity index (χ0v) is 29.4. The van der Waals surface area contributed by atoms with Gasteiger partial charge in [-0.25, -0.2) is 9.59 Å². The Morgan fingerprint density at radius 3 is 2.51 bits per heavy atom. The number of aryl methyl sites for hydroxylation is 1. The molecule has 7 nitrogen and oxygen atoms in total. The second-order valence-corrected chi connectivity index (χ2v) is 14.3. The van der Waals surface area contributed by atoms with Crippen molar-refractivity contribution in [2.45, 2.75) is 84.6 Å². The van der Waals surface area contributed by atoms with Gasteiger partial charge in [-0.05, 0) is 115 Å². The molecule has 4 N–H and O–H groups in total. The fourth-order valence-corrected chi connectivity index (χ4v) is 7.35. The van der Waals surface area contributed by atoms with Crippen molar-refractivity contribution in [1.29, 1.82) is 0 Å². The molecule has 3 unspecified atom stereocenters. The van der Waals surface area contributed by atoms with Gasteiger partial charge in [0, 0.05) is 41.7 Å². The van der Waals surface area contributed by atoms with Gasteiger partial charge in [0.15, 0.2) is 0 Å². The third kappa shape index (κ3) is 8.51. The lowest BCUT2D eigenvalue weighted by atomic mass is 9.76. The molecule has 0 spiro atoms. The molecule has 1 heterocycles. The van der Waals surface area contributed by atoms with Gasteiger partial charge in [-0.15, -0.1) is 0 Å². The first-order valence-electron chi connectivity index (χ1n) is 18.1. The Kier molecular flexibility index (Phi) is 11.0.